The van der Waals surface area contributed by atoms with Crippen molar-refractivity contribution < 1.29 is 23.8 Å². The summed E-state index contributed by atoms with van der Waals surface area (Å²) in [5, 5.41) is 0. The molecule has 5 heteroatoms. The minimum absolute atomic E-state index is 0.0951. The Balaban J connectivity index is 4.12. The zero-order valence-corrected chi connectivity index (χ0v) is 45.2. The molecule has 0 aromatic heterocycles. The Labute approximate surface area is 414 Å². The molecule has 0 saturated heterocycles. The van der Waals surface area contributed by atoms with Crippen molar-refractivity contribution >= 4 is 11.9 Å². The zero-order valence-electron chi connectivity index (χ0n) is 45.2. The first-order valence-electron chi connectivity index (χ1n) is 30.2. The van der Waals surface area contributed by atoms with Crippen molar-refractivity contribution in [3.05, 3.63) is 12.2 Å². The van der Waals surface area contributed by atoms with Gasteiger partial charge in [-0.05, 0) is 44.9 Å². The molecule has 0 spiro atoms. The summed E-state index contributed by atoms with van der Waals surface area (Å²) < 4.78 is 17.5. The molecular weight excluding hydrogens is 813 g/mol. The summed E-state index contributed by atoms with van der Waals surface area (Å²) in [6.45, 7) is 7.90. The van der Waals surface area contributed by atoms with Crippen molar-refractivity contribution in [2.75, 3.05) is 19.8 Å². The van der Waals surface area contributed by atoms with Crippen molar-refractivity contribution in [2.24, 2.45) is 0 Å². The lowest BCUT2D eigenvalue weighted by Crippen LogP contribution is -2.30. The van der Waals surface area contributed by atoms with Crippen molar-refractivity contribution in [1.82, 2.24) is 0 Å². The van der Waals surface area contributed by atoms with Crippen LogP contribution in [0.3, 0.4) is 0 Å². The van der Waals surface area contributed by atoms with Crippen LogP contribution >= 0.6 is 0 Å². The standard InChI is InChI=1S/C61H118O5/c1-4-7-10-13-16-19-22-24-26-28-30-32-34-36-38-41-44-47-50-53-56-64-57-59(66-61(63)55-52-49-46-43-39-21-18-15-12-9-6-3)58-65-60(62)54-51-48-45-42-40-37-35-33-31-29-27-25-23-20-17-14-11-8-5-2/h24,26,59H,4-23,25,27-58H2,1-3H3/b26-24-. The lowest BCUT2D eigenvalue weighted by atomic mass is 10.0. The highest BCUT2D eigenvalue weighted by Crippen LogP contribution is 2.17. The Kier molecular flexibility index (Phi) is 56.8. The number of rotatable bonds is 57. The number of hydrogen-bond acceptors (Lipinski definition) is 5. The van der Waals surface area contributed by atoms with Gasteiger partial charge in [0, 0.05) is 19.4 Å². The largest absolute Gasteiger partial charge is 0.462 e. The fourth-order valence-corrected chi connectivity index (χ4v) is 9.27. The maximum atomic E-state index is 12.8. The Morgan fingerprint density at radius 3 is 0.924 bits per heavy atom. The molecule has 1 unspecified atom stereocenters. The first kappa shape index (κ1) is 64.6. The second-order valence-corrected chi connectivity index (χ2v) is 20.6. The van der Waals surface area contributed by atoms with Crippen LogP contribution in [0.15, 0.2) is 12.2 Å². The molecule has 0 bridgehead atoms. The predicted molar refractivity (Wildman–Crippen MR) is 289 cm³/mol. The lowest BCUT2D eigenvalue weighted by molar-refractivity contribution is -0.163. The topological polar surface area (TPSA) is 61.8 Å². The van der Waals surface area contributed by atoms with Crippen LogP contribution in [0.25, 0.3) is 0 Å². The minimum atomic E-state index is -0.527. The van der Waals surface area contributed by atoms with Gasteiger partial charge < -0.3 is 14.2 Å². The van der Waals surface area contributed by atoms with E-state index in [2.05, 4.69) is 32.9 Å². The second kappa shape index (κ2) is 58.0. The van der Waals surface area contributed by atoms with Gasteiger partial charge >= 0.3 is 11.9 Å². The van der Waals surface area contributed by atoms with Gasteiger partial charge in [0.2, 0.25) is 0 Å². The molecule has 66 heavy (non-hydrogen) atoms. The Bertz CT molecular complexity index is 963. The van der Waals surface area contributed by atoms with Crippen molar-refractivity contribution in [3.63, 3.8) is 0 Å². The fourth-order valence-electron chi connectivity index (χ4n) is 9.27. The number of unbranched alkanes of at least 4 members (excludes halogenated alkanes) is 44. The van der Waals surface area contributed by atoms with E-state index < -0.39 is 6.10 Å². The molecule has 0 N–H and O–H groups in total. The maximum absolute atomic E-state index is 12.8. The van der Waals surface area contributed by atoms with Gasteiger partial charge in [-0.3, -0.25) is 9.59 Å². The van der Waals surface area contributed by atoms with Crippen LogP contribution in [0.1, 0.15) is 342 Å². The Hall–Kier alpha value is -1.36. The zero-order chi connectivity index (χ0) is 47.7. The van der Waals surface area contributed by atoms with Gasteiger partial charge in [-0.2, -0.15) is 0 Å². The predicted octanol–water partition coefficient (Wildman–Crippen LogP) is 20.6. The molecule has 0 aliphatic carbocycles. The highest BCUT2D eigenvalue weighted by molar-refractivity contribution is 5.70. The molecule has 0 aromatic rings. The number of esters is 2. The molecule has 0 radical (unpaired) electrons. The van der Waals surface area contributed by atoms with Crippen LogP contribution in [-0.4, -0.2) is 37.9 Å². The monoisotopic (exact) mass is 931 g/mol. The molecule has 0 saturated carbocycles. The number of hydrogen-bond donors (Lipinski definition) is 0. The molecule has 0 heterocycles. The smallest absolute Gasteiger partial charge is 0.306 e. The van der Waals surface area contributed by atoms with Crippen LogP contribution in [0.4, 0.5) is 0 Å². The van der Waals surface area contributed by atoms with Gasteiger partial charge in [-0.15, -0.1) is 0 Å². The molecule has 0 rings (SSSR count). The summed E-state index contributed by atoms with van der Waals surface area (Å²) in [6.07, 6.45) is 68.1. The van der Waals surface area contributed by atoms with Gasteiger partial charge in [0.25, 0.3) is 0 Å². The summed E-state index contributed by atoms with van der Waals surface area (Å²) in [5.41, 5.74) is 0. The third kappa shape index (κ3) is 55.2. The highest BCUT2D eigenvalue weighted by atomic mass is 16.6. The second-order valence-electron chi connectivity index (χ2n) is 20.6. The van der Waals surface area contributed by atoms with Gasteiger partial charge in [-0.1, -0.05) is 296 Å². The normalized spacial score (nSPS) is 12.1. The van der Waals surface area contributed by atoms with Crippen LogP contribution in [0.2, 0.25) is 0 Å². The van der Waals surface area contributed by atoms with Gasteiger partial charge in [0.1, 0.15) is 6.61 Å². The Morgan fingerprint density at radius 1 is 0.318 bits per heavy atom. The summed E-state index contributed by atoms with van der Waals surface area (Å²) >= 11 is 0. The first-order valence-corrected chi connectivity index (χ1v) is 30.2. The minimum Gasteiger partial charge on any atom is -0.462 e. The van der Waals surface area contributed by atoms with E-state index in [-0.39, 0.29) is 18.5 Å². The summed E-state index contributed by atoms with van der Waals surface area (Å²) in [5.74, 6) is -0.371. The maximum Gasteiger partial charge on any atom is 0.306 e. The SMILES string of the molecule is CCCCCCCC/C=C\CCCCCCCCCCCCOCC(COC(=O)CCCCCCCCCCCCCCCCCCCCC)OC(=O)CCCCCCCCCCCCC. The van der Waals surface area contributed by atoms with Gasteiger partial charge in [-0.25, -0.2) is 0 Å². The molecule has 0 aliphatic heterocycles. The highest BCUT2D eigenvalue weighted by Gasteiger charge is 2.18. The van der Waals surface area contributed by atoms with E-state index in [0.717, 1.165) is 32.1 Å². The quantitative estimate of drug-likeness (QED) is 0.0345. The molecule has 0 fully saturated rings. The third-order valence-electron chi connectivity index (χ3n) is 13.8. The summed E-state index contributed by atoms with van der Waals surface area (Å²) in [6, 6.07) is 0. The number of carbonyl (C=O) groups is 2. The average molecular weight is 932 g/mol. The van der Waals surface area contributed by atoms with E-state index in [1.165, 1.54) is 276 Å². The third-order valence-corrected chi connectivity index (χ3v) is 13.8. The Morgan fingerprint density at radius 2 is 0.591 bits per heavy atom. The number of allylic oxidation sites excluding steroid dienone is 2. The number of carbonyl (C=O) groups excluding carboxylic acids is 2. The van der Waals surface area contributed by atoms with E-state index in [4.69, 9.17) is 14.2 Å². The van der Waals surface area contributed by atoms with E-state index in [9.17, 15) is 9.59 Å². The van der Waals surface area contributed by atoms with E-state index in [1.54, 1.807) is 0 Å². The summed E-state index contributed by atoms with van der Waals surface area (Å²) in [4.78, 5) is 25.5. The molecule has 1 atom stereocenters. The van der Waals surface area contributed by atoms with Crippen LogP contribution in [0, 0.1) is 0 Å². The number of ether oxygens (including phenoxy) is 3. The molecule has 5 nitrogen and oxygen atoms in total. The summed E-state index contributed by atoms with van der Waals surface area (Å²) in [7, 11) is 0. The van der Waals surface area contributed by atoms with Crippen molar-refractivity contribution in [1.29, 1.82) is 0 Å². The van der Waals surface area contributed by atoms with Gasteiger partial charge in [0.05, 0.1) is 6.61 Å². The van der Waals surface area contributed by atoms with E-state index in [0.29, 0.717) is 26.1 Å². The van der Waals surface area contributed by atoms with Crippen LogP contribution in [0.5, 0.6) is 0 Å². The van der Waals surface area contributed by atoms with Crippen molar-refractivity contribution in [3.8, 4) is 0 Å². The molecule has 0 aromatic carbocycles. The van der Waals surface area contributed by atoms with Crippen LogP contribution < -0.4 is 0 Å². The van der Waals surface area contributed by atoms with Gasteiger partial charge in [0.15, 0.2) is 6.10 Å². The molecular formula is C61H118O5. The van der Waals surface area contributed by atoms with E-state index in [1.807, 2.05) is 0 Å². The molecule has 0 amide bonds. The van der Waals surface area contributed by atoms with Crippen LogP contribution in [-0.2, 0) is 23.8 Å². The fraction of sp³-hybridized carbons (Fsp3) is 0.934. The van der Waals surface area contributed by atoms with Crippen molar-refractivity contribution in [2.45, 2.75) is 348 Å². The lowest BCUT2D eigenvalue weighted by Gasteiger charge is -2.18. The molecule has 0 aliphatic rings. The van der Waals surface area contributed by atoms with E-state index >= 15 is 0 Å². The molecule has 392 valence electrons. The first-order chi connectivity index (χ1) is 32.6. The average Bonchev–Trinajstić information content (AvgIpc) is 3.32.